The van der Waals surface area contributed by atoms with Gasteiger partial charge < -0.3 is 14.3 Å². The van der Waals surface area contributed by atoms with Crippen molar-refractivity contribution in [2.45, 2.75) is 63.6 Å². The molecule has 0 unspecified atom stereocenters. The lowest BCUT2D eigenvalue weighted by atomic mass is 9.71. The highest BCUT2D eigenvalue weighted by atomic mass is 19.3. The van der Waals surface area contributed by atoms with Crippen LogP contribution in [0.5, 0.6) is 0 Å². The molecule has 2 amide bonds. The minimum atomic E-state index is -2.83. The molecule has 164 valence electrons. The number of piperidine rings is 3. The summed E-state index contributed by atoms with van der Waals surface area (Å²) in [6.07, 6.45) is 2.70. The summed E-state index contributed by atoms with van der Waals surface area (Å²) >= 11 is 0. The Morgan fingerprint density at radius 1 is 1.33 bits per heavy atom. The van der Waals surface area contributed by atoms with E-state index in [-0.39, 0.29) is 36.7 Å². The minimum absolute atomic E-state index is 0.00423. The molecule has 4 atom stereocenters. The van der Waals surface area contributed by atoms with Crippen LogP contribution in [0.1, 0.15) is 43.6 Å². The van der Waals surface area contributed by atoms with E-state index in [0.29, 0.717) is 25.4 Å². The fourth-order valence-electron chi connectivity index (χ4n) is 6.02. The summed E-state index contributed by atoms with van der Waals surface area (Å²) < 4.78 is 33.0. The number of aromatic nitrogens is 1. The Bertz CT molecular complexity index is 844. The molecule has 0 aromatic carbocycles. The summed E-state index contributed by atoms with van der Waals surface area (Å²) in [6.45, 7) is 3.50. The van der Waals surface area contributed by atoms with Crippen molar-refractivity contribution in [3.8, 4) is 0 Å². The van der Waals surface area contributed by atoms with Crippen molar-refractivity contribution < 1.29 is 22.9 Å². The molecule has 5 rings (SSSR count). The molecule has 7 nitrogen and oxygen atoms in total. The second-order valence-electron chi connectivity index (χ2n) is 9.46. The van der Waals surface area contributed by atoms with Crippen LogP contribution in [-0.2, 0) is 16.1 Å². The van der Waals surface area contributed by atoms with Crippen molar-refractivity contribution >= 4 is 11.8 Å². The van der Waals surface area contributed by atoms with E-state index < -0.39 is 18.5 Å². The summed E-state index contributed by atoms with van der Waals surface area (Å²) in [4.78, 5) is 31.6. The van der Waals surface area contributed by atoms with Crippen molar-refractivity contribution in [1.82, 2.24) is 19.9 Å². The SMILES string of the molecule is Cc1cc(CN2C[C@@H]3C[C@H](C2)[C@H](C(=O)N2CCC(F)(F)C2)N2C(=O)CCC[C@@H]32)on1. The molecule has 1 aromatic heterocycles. The molecule has 0 radical (unpaired) electrons. The summed E-state index contributed by atoms with van der Waals surface area (Å²) in [6, 6.07) is 1.29. The van der Waals surface area contributed by atoms with Gasteiger partial charge in [0.25, 0.3) is 5.92 Å². The quantitative estimate of drug-likeness (QED) is 0.746. The van der Waals surface area contributed by atoms with E-state index >= 15 is 0 Å². The molecule has 0 N–H and O–H groups in total. The topological polar surface area (TPSA) is 69.9 Å². The average molecular weight is 422 g/mol. The van der Waals surface area contributed by atoms with Crippen LogP contribution in [0.4, 0.5) is 8.78 Å². The van der Waals surface area contributed by atoms with Gasteiger partial charge in [-0.1, -0.05) is 5.16 Å². The predicted molar refractivity (Wildman–Crippen MR) is 103 cm³/mol. The minimum Gasteiger partial charge on any atom is -0.360 e. The standard InChI is InChI=1S/C21H28F2N4O3/c1-13-7-16(30-24-13)11-25-9-14-8-15(10-25)19(27-17(14)3-2-4-18(27)28)20(29)26-6-5-21(22,23)12-26/h7,14-15,17,19H,2-6,8-12H2,1H3/t14-,15+,17-,19+/m0/s1. The van der Waals surface area contributed by atoms with Crippen molar-refractivity contribution in [2.24, 2.45) is 11.8 Å². The van der Waals surface area contributed by atoms with E-state index in [9.17, 15) is 18.4 Å². The number of hydrogen-bond donors (Lipinski definition) is 0. The zero-order valence-corrected chi connectivity index (χ0v) is 17.2. The van der Waals surface area contributed by atoms with Crippen LogP contribution in [0.25, 0.3) is 0 Å². The van der Waals surface area contributed by atoms with Crippen molar-refractivity contribution in [1.29, 1.82) is 0 Å². The summed E-state index contributed by atoms with van der Waals surface area (Å²) in [7, 11) is 0. The normalized spacial score (nSPS) is 33.6. The van der Waals surface area contributed by atoms with Gasteiger partial charge in [-0.3, -0.25) is 14.5 Å². The molecule has 4 aliphatic heterocycles. The van der Waals surface area contributed by atoms with Gasteiger partial charge in [0.1, 0.15) is 6.04 Å². The molecule has 0 aliphatic carbocycles. The van der Waals surface area contributed by atoms with Crippen LogP contribution in [0.15, 0.2) is 10.6 Å². The third-order valence-corrected chi connectivity index (χ3v) is 7.21. The van der Waals surface area contributed by atoms with Crippen molar-refractivity contribution in [2.75, 3.05) is 26.2 Å². The van der Waals surface area contributed by atoms with Crippen LogP contribution in [0, 0.1) is 18.8 Å². The van der Waals surface area contributed by atoms with Gasteiger partial charge in [-0.15, -0.1) is 0 Å². The van der Waals surface area contributed by atoms with Gasteiger partial charge in [-0.2, -0.15) is 0 Å². The highest BCUT2D eigenvalue weighted by Crippen LogP contribution is 2.43. The monoisotopic (exact) mass is 422 g/mol. The first-order valence-electron chi connectivity index (χ1n) is 10.9. The molecule has 4 saturated heterocycles. The van der Waals surface area contributed by atoms with Gasteiger partial charge >= 0.3 is 0 Å². The number of aryl methyl sites for hydroxylation is 1. The second kappa shape index (κ2) is 7.28. The summed E-state index contributed by atoms with van der Waals surface area (Å²) in [5, 5.41) is 3.95. The third kappa shape index (κ3) is 3.50. The Kier molecular flexibility index (Phi) is 4.83. The molecule has 0 saturated carbocycles. The first kappa shape index (κ1) is 19.9. The van der Waals surface area contributed by atoms with Gasteiger partial charge in [0.2, 0.25) is 11.8 Å². The van der Waals surface area contributed by atoms with Crippen molar-refractivity contribution in [3.63, 3.8) is 0 Å². The van der Waals surface area contributed by atoms with Gasteiger partial charge in [-0.05, 0) is 32.1 Å². The first-order valence-corrected chi connectivity index (χ1v) is 10.9. The largest absolute Gasteiger partial charge is 0.360 e. The van der Waals surface area contributed by atoms with Crippen LogP contribution in [0.3, 0.4) is 0 Å². The van der Waals surface area contributed by atoms with Crippen LogP contribution >= 0.6 is 0 Å². The molecule has 5 heterocycles. The van der Waals surface area contributed by atoms with Crippen LogP contribution in [-0.4, -0.2) is 75.9 Å². The molecule has 1 aromatic rings. The summed E-state index contributed by atoms with van der Waals surface area (Å²) in [5.41, 5.74) is 0.828. The second-order valence-corrected chi connectivity index (χ2v) is 9.46. The maximum absolute atomic E-state index is 13.8. The highest BCUT2D eigenvalue weighted by molar-refractivity contribution is 5.89. The molecule has 0 spiro atoms. The van der Waals surface area contributed by atoms with Crippen molar-refractivity contribution in [3.05, 3.63) is 17.5 Å². The molecule has 30 heavy (non-hydrogen) atoms. The highest BCUT2D eigenvalue weighted by Gasteiger charge is 2.54. The summed E-state index contributed by atoms with van der Waals surface area (Å²) in [5.74, 6) is -2.10. The lowest BCUT2D eigenvalue weighted by Crippen LogP contribution is -2.68. The third-order valence-electron chi connectivity index (χ3n) is 7.21. The molecule has 4 fully saturated rings. The Labute approximate surface area is 174 Å². The number of amides is 2. The molecule has 2 bridgehead atoms. The lowest BCUT2D eigenvalue weighted by molar-refractivity contribution is -0.165. The number of rotatable bonds is 3. The number of halogens is 2. The lowest BCUT2D eigenvalue weighted by Gasteiger charge is -2.56. The maximum Gasteiger partial charge on any atom is 0.267 e. The molecule has 4 aliphatic rings. The van der Waals surface area contributed by atoms with Gasteiger partial charge in [-0.25, -0.2) is 8.78 Å². The van der Waals surface area contributed by atoms with E-state index in [4.69, 9.17) is 4.52 Å². The van der Waals surface area contributed by atoms with E-state index in [1.807, 2.05) is 13.0 Å². The molecule has 9 heteroatoms. The average Bonchev–Trinajstić information content (AvgIpc) is 3.27. The van der Waals surface area contributed by atoms with Crippen LogP contribution in [0.2, 0.25) is 0 Å². The van der Waals surface area contributed by atoms with Gasteiger partial charge in [0, 0.05) is 50.5 Å². The fraction of sp³-hybridized carbons (Fsp3) is 0.762. The van der Waals surface area contributed by atoms with E-state index in [0.717, 1.165) is 37.3 Å². The Hall–Kier alpha value is -2.03. The van der Waals surface area contributed by atoms with E-state index in [1.54, 1.807) is 4.90 Å². The zero-order valence-electron chi connectivity index (χ0n) is 17.2. The number of fused-ring (bicyclic) bond motifs is 4. The number of likely N-dealkylation sites (tertiary alicyclic amines) is 2. The Morgan fingerprint density at radius 2 is 2.13 bits per heavy atom. The zero-order chi connectivity index (χ0) is 21.0. The molecular weight excluding hydrogens is 394 g/mol. The predicted octanol–water partition coefficient (Wildman–Crippen LogP) is 2.05. The Balaban J connectivity index is 1.41. The smallest absolute Gasteiger partial charge is 0.267 e. The maximum atomic E-state index is 13.8. The van der Waals surface area contributed by atoms with E-state index in [2.05, 4.69) is 10.1 Å². The first-order chi connectivity index (χ1) is 14.3. The van der Waals surface area contributed by atoms with Gasteiger partial charge in [0.05, 0.1) is 18.8 Å². The fourth-order valence-corrected chi connectivity index (χ4v) is 6.02. The number of carbonyl (C=O) groups excluding carboxylic acids is 2. The number of carbonyl (C=O) groups is 2. The number of alkyl halides is 2. The van der Waals surface area contributed by atoms with Gasteiger partial charge in [0.15, 0.2) is 5.76 Å². The molecular formula is C21H28F2N4O3. The van der Waals surface area contributed by atoms with E-state index in [1.165, 1.54) is 4.90 Å². The number of nitrogens with zero attached hydrogens (tertiary/aromatic N) is 4. The number of hydrogen-bond acceptors (Lipinski definition) is 5. The van der Waals surface area contributed by atoms with Crippen LogP contribution < -0.4 is 0 Å². The Morgan fingerprint density at radius 3 is 2.83 bits per heavy atom.